The van der Waals surface area contributed by atoms with E-state index >= 15 is 0 Å². The van der Waals surface area contributed by atoms with Crippen LogP contribution in [-0.4, -0.2) is 38.0 Å². The second-order valence-electron chi connectivity index (χ2n) is 4.84. The summed E-state index contributed by atoms with van der Waals surface area (Å²) < 4.78 is 27.2. The van der Waals surface area contributed by atoms with Crippen molar-refractivity contribution < 1.29 is 13.3 Å². The van der Waals surface area contributed by atoms with E-state index in [2.05, 4.69) is 4.72 Å². The van der Waals surface area contributed by atoms with Crippen molar-refractivity contribution in [1.29, 1.82) is 0 Å². The number of piperidine rings is 1. The third-order valence-corrected chi connectivity index (χ3v) is 4.92. The molecule has 1 heterocycles. The third kappa shape index (κ3) is 3.14. The Kier molecular flexibility index (Phi) is 4.36. The van der Waals surface area contributed by atoms with Gasteiger partial charge in [-0.3, -0.25) is 15.0 Å². The fraction of sp³-hybridized carbons (Fsp3) is 0.500. The molecule has 110 valence electrons. The van der Waals surface area contributed by atoms with Gasteiger partial charge < -0.3 is 0 Å². The van der Waals surface area contributed by atoms with Gasteiger partial charge in [-0.05, 0) is 38.9 Å². The zero-order valence-corrected chi connectivity index (χ0v) is 12.0. The summed E-state index contributed by atoms with van der Waals surface area (Å²) in [4.78, 5) is 11.9. The molecule has 1 aromatic rings. The van der Waals surface area contributed by atoms with Gasteiger partial charge in [-0.25, -0.2) is 8.42 Å². The first-order valence-corrected chi connectivity index (χ1v) is 7.86. The van der Waals surface area contributed by atoms with Gasteiger partial charge in [0.1, 0.15) is 0 Å². The standard InChI is InChI=1S/C12H17N3O4S/c1-14-9-5-4-8-12(14)13-20(18,19)11-7-3-2-6-10(11)15(16)17/h2-3,6-7,12-13H,4-5,8-9H2,1H3. The minimum Gasteiger partial charge on any atom is -0.290 e. The van der Waals surface area contributed by atoms with E-state index in [0.717, 1.165) is 19.4 Å². The maximum absolute atomic E-state index is 12.3. The molecule has 1 aliphatic rings. The molecule has 0 spiro atoms. The maximum atomic E-state index is 12.3. The summed E-state index contributed by atoms with van der Waals surface area (Å²) in [5, 5.41) is 10.9. The molecule has 1 aromatic carbocycles. The molecule has 1 saturated heterocycles. The molecule has 8 heteroatoms. The molecular weight excluding hydrogens is 282 g/mol. The van der Waals surface area contributed by atoms with Crippen LogP contribution in [-0.2, 0) is 10.0 Å². The van der Waals surface area contributed by atoms with Gasteiger partial charge in [0.2, 0.25) is 10.0 Å². The zero-order valence-electron chi connectivity index (χ0n) is 11.2. The molecular formula is C12H17N3O4S. The summed E-state index contributed by atoms with van der Waals surface area (Å²) >= 11 is 0. The van der Waals surface area contributed by atoms with Gasteiger partial charge in [0.25, 0.3) is 5.69 Å². The Morgan fingerprint density at radius 2 is 2.05 bits per heavy atom. The molecule has 1 N–H and O–H groups in total. The molecule has 1 fully saturated rings. The normalized spacial score (nSPS) is 20.8. The van der Waals surface area contributed by atoms with E-state index in [1.54, 1.807) is 0 Å². The van der Waals surface area contributed by atoms with E-state index < -0.39 is 20.6 Å². The van der Waals surface area contributed by atoms with Gasteiger partial charge in [0.15, 0.2) is 4.90 Å². The maximum Gasteiger partial charge on any atom is 0.289 e. The van der Waals surface area contributed by atoms with Crippen molar-refractivity contribution >= 4 is 15.7 Å². The summed E-state index contributed by atoms with van der Waals surface area (Å²) in [5.41, 5.74) is -0.404. The molecule has 7 nitrogen and oxygen atoms in total. The van der Waals surface area contributed by atoms with Crippen LogP contribution in [0.1, 0.15) is 19.3 Å². The largest absolute Gasteiger partial charge is 0.290 e. The summed E-state index contributed by atoms with van der Waals surface area (Å²) in [6.45, 7) is 0.810. The van der Waals surface area contributed by atoms with Gasteiger partial charge in [-0.15, -0.1) is 0 Å². The highest BCUT2D eigenvalue weighted by molar-refractivity contribution is 7.89. The highest BCUT2D eigenvalue weighted by Gasteiger charge is 2.29. The smallest absolute Gasteiger partial charge is 0.289 e. The Labute approximate surface area is 117 Å². The average molecular weight is 299 g/mol. The van der Waals surface area contributed by atoms with Crippen molar-refractivity contribution in [1.82, 2.24) is 9.62 Å². The Balaban J connectivity index is 2.29. The van der Waals surface area contributed by atoms with Crippen LogP contribution in [0, 0.1) is 10.1 Å². The predicted octanol–water partition coefficient (Wildman–Crippen LogP) is 1.31. The zero-order chi connectivity index (χ0) is 14.8. The van der Waals surface area contributed by atoms with Gasteiger partial charge in [0, 0.05) is 6.07 Å². The van der Waals surface area contributed by atoms with Crippen LogP contribution in [0.2, 0.25) is 0 Å². The Morgan fingerprint density at radius 1 is 1.35 bits per heavy atom. The monoisotopic (exact) mass is 299 g/mol. The molecule has 0 radical (unpaired) electrons. The second-order valence-corrected chi connectivity index (χ2v) is 6.52. The van der Waals surface area contributed by atoms with Crippen LogP contribution >= 0.6 is 0 Å². The van der Waals surface area contributed by atoms with Crippen LogP contribution in [0.3, 0.4) is 0 Å². The number of nitrogens with zero attached hydrogens (tertiary/aromatic N) is 2. The summed E-state index contributed by atoms with van der Waals surface area (Å²) in [7, 11) is -2.06. The number of nitro benzene ring substituents is 1. The van der Waals surface area contributed by atoms with Crippen molar-refractivity contribution in [3.63, 3.8) is 0 Å². The quantitative estimate of drug-likeness (QED) is 0.668. The fourth-order valence-corrected chi connectivity index (χ4v) is 3.76. The van der Waals surface area contributed by atoms with Crippen molar-refractivity contribution in [3.8, 4) is 0 Å². The SMILES string of the molecule is CN1CCCCC1NS(=O)(=O)c1ccccc1[N+](=O)[O-]. The number of nitrogens with one attached hydrogen (secondary N) is 1. The number of benzene rings is 1. The van der Waals surface area contributed by atoms with Crippen molar-refractivity contribution in [2.24, 2.45) is 0 Å². The molecule has 1 aliphatic heterocycles. The summed E-state index contributed by atoms with van der Waals surface area (Å²) in [6.07, 6.45) is 2.36. The number of nitro groups is 1. The highest BCUT2D eigenvalue weighted by Crippen LogP contribution is 2.24. The minimum atomic E-state index is -3.90. The van der Waals surface area contributed by atoms with Gasteiger partial charge in [-0.2, -0.15) is 4.72 Å². The molecule has 0 aliphatic carbocycles. The Morgan fingerprint density at radius 3 is 2.70 bits per heavy atom. The van der Waals surface area contributed by atoms with Gasteiger partial charge in [0.05, 0.1) is 11.1 Å². The van der Waals surface area contributed by atoms with Crippen molar-refractivity contribution in [3.05, 3.63) is 34.4 Å². The van der Waals surface area contributed by atoms with Crippen molar-refractivity contribution in [2.75, 3.05) is 13.6 Å². The topological polar surface area (TPSA) is 92.6 Å². The molecule has 1 atom stereocenters. The molecule has 0 amide bonds. The van der Waals surface area contributed by atoms with Crippen LogP contribution in [0.25, 0.3) is 0 Å². The van der Waals surface area contributed by atoms with E-state index in [1.165, 1.54) is 24.3 Å². The molecule has 0 aromatic heterocycles. The minimum absolute atomic E-state index is 0.288. The number of sulfonamides is 1. The number of hydrogen-bond acceptors (Lipinski definition) is 5. The Bertz CT molecular complexity index is 602. The van der Waals surface area contributed by atoms with E-state index in [4.69, 9.17) is 0 Å². The van der Waals surface area contributed by atoms with E-state index in [0.29, 0.717) is 6.42 Å². The first-order valence-electron chi connectivity index (χ1n) is 6.38. The first-order chi connectivity index (χ1) is 9.42. The average Bonchev–Trinajstić information content (AvgIpc) is 2.41. The van der Waals surface area contributed by atoms with Gasteiger partial charge in [-0.1, -0.05) is 12.1 Å². The van der Waals surface area contributed by atoms with Crippen molar-refractivity contribution in [2.45, 2.75) is 30.3 Å². The molecule has 0 saturated carbocycles. The molecule has 2 rings (SSSR count). The van der Waals surface area contributed by atoms with Crippen LogP contribution < -0.4 is 4.72 Å². The fourth-order valence-electron chi connectivity index (χ4n) is 2.30. The summed E-state index contributed by atoms with van der Waals surface area (Å²) in [6, 6.07) is 5.37. The lowest BCUT2D eigenvalue weighted by atomic mass is 10.1. The molecule has 20 heavy (non-hydrogen) atoms. The van der Waals surface area contributed by atoms with E-state index in [9.17, 15) is 18.5 Å². The lowest BCUT2D eigenvalue weighted by Gasteiger charge is -2.32. The van der Waals surface area contributed by atoms with Crippen LogP contribution in [0.5, 0.6) is 0 Å². The lowest BCUT2D eigenvalue weighted by molar-refractivity contribution is -0.387. The molecule has 0 bridgehead atoms. The number of hydrogen-bond donors (Lipinski definition) is 1. The number of para-hydroxylation sites is 1. The predicted molar refractivity (Wildman–Crippen MR) is 73.7 cm³/mol. The van der Waals surface area contributed by atoms with Crippen LogP contribution in [0.4, 0.5) is 5.69 Å². The third-order valence-electron chi connectivity index (χ3n) is 3.41. The van der Waals surface area contributed by atoms with Gasteiger partial charge >= 0.3 is 0 Å². The lowest BCUT2D eigenvalue weighted by Crippen LogP contribution is -2.48. The molecule has 1 unspecified atom stereocenters. The highest BCUT2D eigenvalue weighted by atomic mass is 32.2. The first kappa shape index (κ1) is 14.9. The van der Waals surface area contributed by atoms with Crippen LogP contribution in [0.15, 0.2) is 29.2 Å². The van der Waals surface area contributed by atoms with E-state index in [1.807, 2.05) is 11.9 Å². The number of rotatable bonds is 4. The van der Waals surface area contributed by atoms with E-state index in [-0.39, 0.29) is 11.1 Å². The number of likely N-dealkylation sites (tertiary alicyclic amines) is 1. The second kappa shape index (κ2) is 5.86. The summed E-state index contributed by atoms with van der Waals surface area (Å²) in [5.74, 6) is 0. The Hall–Kier alpha value is -1.51.